The number of benzene rings is 1. The summed E-state index contributed by atoms with van der Waals surface area (Å²) in [5.41, 5.74) is 8.20. The van der Waals surface area contributed by atoms with Crippen molar-refractivity contribution >= 4 is 16.3 Å². The molecule has 1 fully saturated rings. The first kappa shape index (κ1) is 12.0. The fraction of sp³-hybridized carbons (Fsp3) is 0.286. The van der Waals surface area contributed by atoms with E-state index in [0.29, 0.717) is 17.2 Å². The summed E-state index contributed by atoms with van der Waals surface area (Å²) in [6.07, 6.45) is 2.41. The maximum absolute atomic E-state index is 9.11. The molecule has 0 atom stereocenters. The van der Waals surface area contributed by atoms with Crippen molar-refractivity contribution in [1.29, 1.82) is 5.26 Å². The van der Waals surface area contributed by atoms with E-state index >= 15 is 0 Å². The second-order valence-corrected chi connectivity index (χ2v) is 5.63. The quantitative estimate of drug-likeness (QED) is 0.930. The van der Waals surface area contributed by atoms with Gasteiger partial charge < -0.3 is 10.5 Å². The predicted molar refractivity (Wildman–Crippen MR) is 75.2 cm³/mol. The smallest absolute Gasteiger partial charge is 0.136 e. The molecule has 1 aromatic heterocycles. The Balaban J connectivity index is 2.04. The molecular weight excluding hydrogens is 258 g/mol. The maximum Gasteiger partial charge on any atom is 0.136 e. The van der Waals surface area contributed by atoms with Crippen molar-refractivity contribution in [2.24, 2.45) is 0 Å². The number of rotatable bonds is 3. The molecule has 2 aromatic rings. The summed E-state index contributed by atoms with van der Waals surface area (Å²) in [5, 5.41) is 10.9. The lowest BCUT2D eigenvalue weighted by Gasteiger charge is -2.04. The molecule has 4 nitrogen and oxygen atoms in total. The summed E-state index contributed by atoms with van der Waals surface area (Å²) < 4.78 is 5.14. The van der Waals surface area contributed by atoms with Crippen LogP contribution in [0.1, 0.15) is 29.3 Å². The Morgan fingerprint density at radius 2 is 2.26 bits per heavy atom. The van der Waals surface area contributed by atoms with E-state index in [1.807, 2.05) is 6.07 Å². The molecule has 1 aliphatic carbocycles. The van der Waals surface area contributed by atoms with Gasteiger partial charge >= 0.3 is 0 Å². The number of hydrogen-bond donors (Lipinski definition) is 1. The van der Waals surface area contributed by atoms with Crippen LogP contribution in [-0.4, -0.2) is 12.1 Å². The number of ether oxygens (including phenoxy) is 1. The van der Waals surface area contributed by atoms with Crippen LogP contribution in [0, 0.1) is 11.3 Å². The lowest BCUT2D eigenvalue weighted by Crippen LogP contribution is -1.91. The van der Waals surface area contributed by atoms with E-state index in [1.54, 1.807) is 30.6 Å². The maximum atomic E-state index is 9.11. The molecule has 96 valence electrons. The van der Waals surface area contributed by atoms with Crippen LogP contribution in [0.5, 0.6) is 5.75 Å². The van der Waals surface area contributed by atoms with Gasteiger partial charge in [0.15, 0.2) is 0 Å². The predicted octanol–water partition coefficient (Wildman–Crippen LogP) is 3.15. The van der Waals surface area contributed by atoms with Gasteiger partial charge in [-0.05, 0) is 31.0 Å². The molecule has 0 radical (unpaired) electrons. The molecule has 0 aliphatic heterocycles. The van der Waals surface area contributed by atoms with E-state index in [2.05, 4.69) is 11.1 Å². The Hall–Kier alpha value is -2.06. The number of aromatic nitrogens is 1. The number of nitrogen functional groups attached to an aromatic ring is 1. The van der Waals surface area contributed by atoms with Crippen LogP contribution in [-0.2, 0) is 0 Å². The van der Waals surface area contributed by atoms with Crippen molar-refractivity contribution in [3.8, 4) is 23.1 Å². The number of anilines is 1. The van der Waals surface area contributed by atoms with E-state index in [0.717, 1.165) is 21.3 Å². The van der Waals surface area contributed by atoms with Crippen LogP contribution >= 0.6 is 11.3 Å². The fourth-order valence-electron chi connectivity index (χ4n) is 2.00. The minimum absolute atomic E-state index is 0.500. The summed E-state index contributed by atoms with van der Waals surface area (Å²) in [6, 6.07) is 7.58. The first-order valence-electron chi connectivity index (χ1n) is 6.07. The molecule has 0 saturated heterocycles. The first-order valence-corrected chi connectivity index (χ1v) is 6.89. The van der Waals surface area contributed by atoms with Crippen LogP contribution in [0.4, 0.5) is 5.00 Å². The van der Waals surface area contributed by atoms with Gasteiger partial charge in [-0.3, -0.25) is 0 Å². The third kappa shape index (κ3) is 2.15. The number of hydrogen-bond acceptors (Lipinski definition) is 5. The normalized spacial score (nSPS) is 14.1. The van der Waals surface area contributed by atoms with Gasteiger partial charge in [0.25, 0.3) is 0 Å². The third-order valence-corrected chi connectivity index (χ3v) is 4.24. The van der Waals surface area contributed by atoms with Crippen molar-refractivity contribution in [2.45, 2.75) is 18.8 Å². The Morgan fingerprint density at radius 1 is 1.47 bits per heavy atom. The van der Waals surface area contributed by atoms with Gasteiger partial charge in [-0.25, -0.2) is 4.98 Å². The molecule has 3 rings (SSSR count). The molecule has 19 heavy (non-hydrogen) atoms. The molecule has 1 aromatic carbocycles. The van der Waals surface area contributed by atoms with E-state index < -0.39 is 0 Å². The molecule has 0 amide bonds. The molecule has 1 heterocycles. The van der Waals surface area contributed by atoms with Gasteiger partial charge in [-0.15, -0.1) is 11.3 Å². The molecule has 1 aliphatic rings. The van der Waals surface area contributed by atoms with Crippen molar-refractivity contribution in [2.75, 3.05) is 12.8 Å². The van der Waals surface area contributed by atoms with Crippen molar-refractivity contribution in [3.63, 3.8) is 0 Å². The van der Waals surface area contributed by atoms with Crippen LogP contribution in [0.15, 0.2) is 18.2 Å². The van der Waals surface area contributed by atoms with E-state index in [9.17, 15) is 0 Å². The van der Waals surface area contributed by atoms with Crippen LogP contribution < -0.4 is 10.5 Å². The number of methoxy groups -OCH3 is 1. The van der Waals surface area contributed by atoms with Crippen LogP contribution in [0.3, 0.4) is 0 Å². The van der Waals surface area contributed by atoms with E-state index in [1.165, 1.54) is 12.8 Å². The molecule has 1 saturated carbocycles. The van der Waals surface area contributed by atoms with Gasteiger partial charge in [-0.1, -0.05) is 0 Å². The second-order valence-electron chi connectivity index (χ2n) is 4.57. The molecule has 0 unspecified atom stereocenters. The van der Waals surface area contributed by atoms with E-state index in [-0.39, 0.29) is 0 Å². The average molecular weight is 271 g/mol. The van der Waals surface area contributed by atoms with Gasteiger partial charge in [0.2, 0.25) is 0 Å². The summed E-state index contributed by atoms with van der Waals surface area (Å²) in [5.74, 6) is 1.16. The third-order valence-electron chi connectivity index (χ3n) is 3.19. The fourth-order valence-corrected chi connectivity index (χ4v) is 3.03. The second kappa shape index (κ2) is 4.56. The Morgan fingerprint density at radius 3 is 2.89 bits per heavy atom. The van der Waals surface area contributed by atoms with Crippen molar-refractivity contribution in [1.82, 2.24) is 4.98 Å². The van der Waals surface area contributed by atoms with Gasteiger partial charge in [0.05, 0.1) is 17.7 Å². The summed E-state index contributed by atoms with van der Waals surface area (Å²) >= 11 is 1.56. The highest BCUT2D eigenvalue weighted by Gasteiger charge is 2.28. The number of nitrogens with two attached hydrogens (primary N) is 1. The Labute approximate surface area is 115 Å². The van der Waals surface area contributed by atoms with Crippen LogP contribution in [0.2, 0.25) is 0 Å². The average Bonchev–Trinajstić information content (AvgIpc) is 3.21. The molecule has 0 bridgehead atoms. The zero-order chi connectivity index (χ0) is 13.4. The van der Waals surface area contributed by atoms with Gasteiger partial charge in [0, 0.05) is 11.5 Å². The molecular formula is C14H13N3OS. The zero-order valence-electron chi connectivity index (χ0n) is 10.5. The minimum Gasteiger partial charge on any atom is -0.495 e. The monoisotopic (exact) mass is 271 g/mol. The summed E-state index contributed by atoms with van der Waals surface area (Å²) in [6.45, 7) is 0. The lowest BCUT2D eigenvalue weighted by atomic mass is 10.1. The van der Waals surface area contributed by atoms with Gasteiger partial charge in [0.1, 0.15) is 22.5 Å². The number of nitrogens with zero attached hydrogens (tertiary/aromatic N) is 2. The minimum atomic E-state index is 0.500. The topological polar surface area (TPSA) is 71.9 Å². The van der Waals surface area contributed by atoms with E-state index in [4.69, 9.17) is 15.7 Å². The largest absolute Gasteiger partial charge is 0.495 e. The van der Waals surface area contributed by atoms with Gasteiger partial charge in [-0.2, -0.15) is 5.26 Å². The molecule has 0 spiro atoms. The SMILES string of the molecule is COc1ccc(-c2nc(C3CC3)sc2N)cc1C#N. The van der Waals surface area contributed by atoms with Crippen molar-refractivity contribution < 1.29 is 4.74 Å². The Kier molecular flexibility index (Phi) is 2.88. The number of nitriles is 1. The molecule has 5 heteroatoms. The van der Waals surface area contributed by atoms with Crippen LogP contribution in [0.25, 0.3) is 11.3 Å². The standard InChI is InChI=1S/C14H13N3OS/c1-18-11-5-4-9(6-10(11)7-15)12-13(16)19-14(17-12)8-2-3-8/h4-6,8H,2-3,16H2,1H3. The summed E-state index contributed by atoms with van der Waals surface area (Å²) in [7, 11) is 1.55. The highest BCUT2D eigenvalue weighted by Crippen LogP contribution is 2.45. The first-order chi connectivity index (χ1) is 9.22. The highest BCUT2D eigenvalue weighted by atomic mass is 32.1. The zero-order valence-corrected chi connectivity index (χ0v) is 11.3. The highest BCUT2D eigenvalue weighted by molar-refractivity contribution is 7.16. The molecule has 2 N–H and O–H groups in total. The lowest BCUT2D eigenvalue weighted by molar-refractivity contribution is 0.413. The summed E-state index contributed by atoms with van der Waals surface area (Å²) in [4.78, 5) is 4.62. The van der Waals surface area contributed by atoms with Crippen molar-refractivity contribution in [3.05, 3.63) is 28.8 Å². The number of thiazole rings is 1. The Bertz CT molecular complexity index is 668.